The Bertz CT molecular complexity index is 726. The number of benzene rings is 2. The number of hydrogen-bond donors (Lipinski definition) is 2. The van der Waals surface area contributed by atoms with Crippen LogP contribution in [0.4, 0.5) is 5.69 Å². The van der Waals surface area contributed by atoms with Gasteiger partial charge < -0.3 is 5.43 Å². The number of hydrazine groups is 1. The van der Waals surface area contributed by atoms with Crippen molar-refractivity contribution in [2.75, 3.05) is 5.43 Å². The van der Waals surface area contributed by atoms with E-state index in [4.69, 9.17) is 17.4 Å². The number of para-hydroxylation sites is 1. The monoisotopic (exact) mass is 269 g/mol. The van der Waals surface area contributed by atoms with Crippen molar-refractivity contribution in [2.24, 2.45) is 5.84 Å². The number of nitrogen functional groups attached to an aromatic ring is 1. The summed E-state index contributed by atoms with van der Waals surface area (Å²) in [6.45, 7) is 0. The molecule has 0 aliphatic carbocycles. The van der Waals surface area contributed by atoms with Gasteiger partial charge in [-0.2, -0.15) is 0 Å². The van der Waals surface area contributed by atoms with Gasteiger partial charge in [-0.15, -0.1) is 0 Å². The van der Waals surface area contributed by atoms with Crippen LogP contribution in [-0.4, -0.2) is 4.98 Å². The molecule has 1 heterocycles. The summed E-state index contributed by atoms with van der Waals surface area (Å²) >= 11 is 6.21. The average molecular weight is 270 g/mol. The lowest BCUT2D eigenvalue weighted by Crippen LogP contribution is -2.08. The largest absolute Gasteiger partial charge is 0.323 e. The molecule has 3 aromatic rings. The molecule has 0 saturated heterocycles. The Kier molecular flexibility index (Phi) is 3.07. The van der Waals surface area contributed by atoms with E-state index in [2.05, 4.69) is 10.4 Å². The average Bonchev–Trinajstić information content (AvgIpc) is 2.48. The SMILES string of the molecule is NNc1cc(-c2ccccc2)nc2c(Cl)cccc12. The third kappa shape index (κ3) is 2.14. The van der Waals surface area contributed by atoms with Gasteiger partial charge in [-0.25, -0.2) is 4.98 Å². The topological polar surface area (TPSA) is 50.9 Å². The van der Waals surface area contributed by atoms with E-state index < -0.39 is 0 Å². The van der Waals surface area contributed by atoms with E-state index in [-0.39, 0.29) is 0 Å². The van der Waals surface area contributed by atoms with E-state index in [9.17, 15) is 0 Å². The molecule has 1 aromatic heterocycles. The highest BCUT2D eigenvalue weighted by Gasteiger charge is 2.08. The predicted octanol–water partition coefficient (Wildman–Crippen LogP) is 3.84. The van der Waals surface area contributed by atoms with Crippen molar-refractivity contribution in [3.8, 4) is 11.3 Å². The third-order valence-electron chi connectivity index (χ3n) is 3.02. The van der Waals surface area contributed by atoms with Gasteiger partial charge in [0, 0.05) is 10.9 Å². The first-order valence-electron chi connectivity index (χ1n) is 5.91. The molecule has 0 amide bonds. The van der Waals surface area contributed by atoms with E-state index in [0.29, 0.717) is 5.02 Å². The molecule has 2 aromatic carbocycles. The summed E-state index contributed by atoms with van der Waals surface area (Å²) in [6.07, 6.45) is 0. The molecule has 0 aliphatic rings. The summed E-state index contributed by atoms with van der Waals surface area (Å²) in [7, 11) is 0. The molecule has 19 heavy (non-hydrogen) atoms. The Labute approximate surface area is 116 Å². The first kappa shape index (κ1) is 12.0. The smallest absolute Gasteiger partial charge is 0.0916 e. The van der Waals surface area contributed by atoms with Crippen LogP contribution in [0.2, 0.25) is 5.02 Å². The predicted molar refractivity (Wildman–Crippen MR) is 80.0 cm³/mol. The van der Waals surface area contributed by atoms with Crippen LogP contribution in [-0.2, 0) is 0 Å². The normalized spacial score (nSPS) is 10.6. The molecule has 3 nitrogen and oxygen atoms in total. The van der Waals surface area contributed by atoms with E-state index in [0.717, 1.165) is 27.8 Å². The van der Waals surface area contributed by atoms with Crippen LogP contribution in [0.15, 0.2) is 54.6 Å². The number of rotatable bonds is 2. The maximum Gasteiger partial charge on any atom is 0.0916 e. The molecule has 0 atom stereocenters. The van der Waals surface area contributed by atoms with E-state index in [1.54, 1.807) is 0 Å². The van der Waals surface area contributed by atoms with Crippen LogP contribution < -0.4 is 11.3 Å². The second-order valence-electron chi connectivity index (χ2n) is 4.20. The minimum atomic E-state index is 0.617. The van der Waals surface area contributed by atoms with Crippen molar-refractivity contribution in [3.63, 3.8) is 0 Å². The first-order valence-corrected chi connectivity index (χ1v) is 6.28. The summed E-state index contributed by atoms with van der Waals surface area (Å²) in [4.78, 5) is 4.63. The zero-order chi connectivity index (χ0) is 13.2. The highest BCUT2D eigenvalue weighted by atomic mass is 35.5. The molecule has 3 rings (SSSR count). The molecule has 0 bridgehead atoms. The van der Waals surface area contributed by atoms with Gasteiger partial charge in [-0.1, -0.05) is 54.1 Å². The second kappa shape index (κ2) is 4.88. The van der Waals surface area contributed by atoms with Crippen LogP contribution in [0.1, 0.15) is 0 Å². The summed E-state index contributed by atoms with van der Waals surface area (Å²) in [5.41, 5.74) is 6.14. The van der Waals surface area contributed by atoms with Gasteiger partial charge in [0.15, 0.2) is 0 Å². The van der Waals surface area contributed by atoms with Gasteiger partial charge in [0.05, 0.1) is 21.9 Å². The molecule has 3 N–H and O–H groups in total. The van der Waals surface area contributed by atoms with Gasteiger partial charge in [0.25, 0.3) is 0 Å². The zero-order valence-electron chi connectivity index (χ0n) is 10.1. The lowest BCUT2D eigenvalue weighted by atomic mass is 10.1. The lowest BCUT2D eigenvalue weighted by Gasteiger charge is -2.10. The van der Waals surface area contributed by atoms with Crippen LogP contribution in [0.3, 0.4) is 0 Å². The van der Waals surface area contributed by atoms with E-state index in [1.165, 1.54) is 0 Å². The van der Waals surface area contributed by atoms with Crippen molar-refractivity contribution in [2.45, 2.75) is 0 Å². The molecule has 4 heteroatoms. The van der Waals surface area contributed by atoms with Crippen molar-refractivity contribution in [1.29, 1.82) is 0 Å². The Hall–Kier alpha value is -2.10. The Balaban J connectivity index is 2.31. The highest BCUT2D eigenvalue weighted by Crippen LogP contribution is 2.31. The van der Waals surface area contributed by atoms with Gasteiger partial charge in [0.1, 0.15) is 0 Å². The second-order valence-corrected chi connectivity index (χ2v) is 4.61. The van der Waals surface area contributed by atoms with Gasteiger partial charge in [-0.3, -0.25) is 5.84 Å². The quantitative estimate of drug-likeness (QED) is 0.549. The minimum Gasteiger partial charge on any atom is -0.323 e. The number of nitrogens with two attached hydrogens (primary N) is 1. The first-order chi connectivity index (χ1) is 9.29. The Morgan fingerprint density at radius 2 is 1.79 bits per heavy atom. The lowest BCUT2D eigenvalue weighted by molar-refractivity contribution is 1.33. The van der Waals surface area contributed by atoms with Crippen molar-refractivity contribution >= 4 is 28.2 Å². The van der Waals surface area contributed by atoms with Crippen molar-refractivity contribution in [3.05, 3.63) is 59.6 Å². The number of halogens is 1. The molecular formula is C15H12ClN3. The fraction of sp³-hybridized carbons (Fsp3) is 0. The number of nitrogens with zero attached hydrogens (tertiary/aromatic N) is 1. The number of pyridine rings is 1. The van der Waals surface area contributed by atoms with Crippen molar-refractivity contribution in [1.82, 2.24) is 4.98 Å². The molecule has 0 radical (unpaired) electrons. The standard InChI is InChI=1S/C15H12ClN3/c16-12-8-4-7-11-14(19-17)9-13(18-15(11)12)10-5-2-1-3-6-10/h1-9H,17H2,(H,18,19). The van der Waals surface area contributed by atoms with Crippen LogP contribution in [0, 0.1) is 0 Å². The van der Waals surface area contributed by atoms with Crippen LogP contribution >= 0.6 is 11.6 Å². The summed E-state index contributed by atoms with van der Waals surface area (Å²) in [6, 6.07) is 17.5. The van der Waals surface area contributed by atoms with Gasteiger partial charge in [-0.05, 0) is 12.1 Å². The maximum atomic E-state index is 6.21. The van der Waals surface area contributed by atoms with Gasteiger partial charge >= 0.3 is 0 Å². The highest BCUT2D eigenvalue weighted by molar-refractivity contribution is 6.35. The van der Waals surface area contributed by atoms with E-state index in [1.807, 2.05) is 54.6 Å². The maximum absolute atomic E-state index is 6.21. The molecule has 94 valence electrons. The number of fused-ring (bicyclic) bond motifs is 1. The third-order valence-corrected chi connectivity index (χ3v) is 3.32. The number of nitrogens with one attached hydrogen (secondary N) is 1. The summed E-state index contributed by atoms with van der Waals surface area (Å²) in [5, 5.41) is 1.53. The Morgan fingerprint density at radius 3 is 2.53 bits per heavy atom. The van der Waals surface area contributed by atoms with Crippen LogP contribution in [0.5, 0.6) is 0 Å². The number of anilines is 1. The van der Waals surface area contributed by atoms with Crippen LogP contribution in [0.25, 0.3) is 22.2 Å². The molecule has 0 aliphatic heterocycles. The fourth-order valence-corrected chi connectivity index (χ4v) is 2.31. The Morgan fingerprint density at radius 1 is 1.00 bits per heavy atom. The number of aromatic nitrogens is 1. The minimum absolute atomic E-state index is 0.617. The fourth-order valence-electron chi connectivity index (χ4n) is 2.09. The van der Waals surface area contributed by atoms with Crippen molar-refractivity contribution < 1.29 is 0 Å². The molecular weight excluding hydrogens is 258 g/mol. The molecule has 0 saturated carbocycles. The molecule has 0 unspecified atom stereocenters. The van der Waals surface area contributed by atoms with Gasteiger partial charge in [0.2, 0.25) is 0 Å². The van der Waals surface area contributed by atoms with E-state index >= 15 is 0 Å². The molecule has 0 spiro atoms. The summed E-state index contributed by atoms with van der Waals surface area (Å²) < 4.78 is 0. The zero-order valence-corrected chi connectivity index (χ0v) is 10.9. The summed E-state index contributed by atoms with van der Waals surface area (Å²) in [5.74, 6) is 5.59. The number of hydrogen-bond acceptors (Lipinski definition) is 3. The molecule has 0 fully saturated rings.